The molecule has 5 rings (SSSR count). The van der Waals surface area contributed by atoms with E-state index in [4.69, 9.17) is 21.3 Å². The van der Waals surface area contributed by atoms with Gasteiger partial charge in [-0.25, -0.2) is 4.99 Å². The molecule has 190 valence electrons. The van der Waals surface area contributed by atoms with Crippen molar-refractivity contribution in [3.05, 3.63) is 80.2 Å². The molecule has 0 aliphatic heterocycles. The van der Waals surface area contributed by atoms with Gasteiger partial charge >= 0.3 is 0 Å². The third kappa shape index (κ3) is 6.06. The molecule has 1 aromatic heterocycles. The minimum absolute atomic E-state index is 0.00845. The molecular formula is C30H30ClN3O2S. The summed E-state index contributed by atoms with van der Waals surface area (Å²) >= 11 is 7.94. The molecule has 0 atom stereocenters. The number of thiophene rings is 1. The highest BCUT2D eigenvalue weighted by molar-refractivity contribution is 7.16. The number of hydrogen-bond donors (Lipinski definition) is 1. The zero-order valence-corrected chi connectivity index (χ0v) is 22.3. The number of carbonyl (C=O) groups is 1. The molecule has 0 spiro atoms. The van der Waals surface area contributed by atoms with E-state index in [2.05, 4.69) is 11.4 Å². The quantitative estimate of drug-likeness (QED) is 0.320. The topological polar surface area (TPSA) is 74.5 Å². The summed E-state index contributed by atoms with van der Waals surface area (Å²) in [6.07, 6.45) is 11.6. The zero-order chi connectivity index (χ0) is 25.6. The minimum Gasteiger partial charge on any atom is -0.488 e. The summed E-state index contributed by atoms with van der Waals surface area (Å²) in [5.41, 5.74) is 4.05. The van der Waals surface area contributed by atoms with Gasteiger partial charge in [0.2, 0.25) is 0 Å². The summed E-state index contributed by atoms with van der Waals surface area (Å²) in [6, 6.07) is 15.3. The van der Waals surface area contributed by atoms with Crippen LogP contribution in [0.4, 0.5) is 5.00 Å². The number of nitriles is 1. The van der Waals surface area contributed by atoms with Crippen LogP contribution < -0.4 is 10.1 Å². The first-order valence-electron chi connectivity index (χ1n) is 13.0. The van der Waals surface area contributed by atoms with Gasteiger partial charge in [0.25, 0.3) is 5.91 Å². The van der Waals surface area contributed by atoms with Gasteiger partial charge in [0.05, 0.1) is 17.2 Å². The maximum Gasteiger partial charge on any atom is 0.254 e. The predicted octanol–water partition coefficient (Wildman–Crippen LogP) is 7.54. The van der Waals surface area contributed by atoms with Crippen molar-refractivity contribution in [1.29, 1.82) is 5.26 Å². The lowest BCUT2D eigenvalue weighted by atomic mass is 9.93. The van der Waals surface area contributed by atoms with Crippen LogP contribution in [0.2, 0.25) is 5.02 Å². The van der Waals surface area contributed by atoms with Crippen LogP contribution in [0.15, 0.2) is 47.5 Å². The van der Waals surface area contributed by atoms with E-state index in [1.165, 1.54) is 29.7 Å². The van der Waals surface area contributed by atoms with E-state index in [-0.39, 0.29) is 18.6 Å². The first kappa shape index (κ1) is 25.5. The van der Waals surface area contributed by atoms with Gasteiger partial charge in [-0.2, -0.15) is 5.26 Å². The second-order valence-corrected chi connectivity index (χ2v) is 11.2. The summed E-state index contributed by atoms with van der Waals surface area (Å²) in [5, 5.41) is 14.0. The molecule has 5 nitrogen and oxygen atoms in total. The second-order valence-electron chi connectivity index (χ2n) is 9.70. The van der Waals surface area contributed by atoms with Gasteiger partial charge in [0.1, 0.15) is 17.4 Å². The van der Waals surface area contributed by atoms with Crippen molar-refractivity contribution in [2.24, 2.45) is 4.99 Å². The monoisotopic (exact) mass is 531 g/mol. The Kier molecular flexibility index (Phi) is 8.23. The Morgan fingerprint density at radius 2 is 1.95 bits per heavy atom. The number of nitrogens with zero attached hydrogens (tertiary/aromatic N) is 2. The highest BCUT2D eigenvalue weighted by Gasteiger charge is 2.27. The standard InChI is InChI=1S/C30H30ClN3O2S/c31-23-14-15-26(36-19-21-9-5-4-8-20(21)17-32)22(16-23)18-33-30-28(25-12-6-7-13-27(25)37-30)29(35)34-24-10-2-1-3-11-24/h4-5,8-9,14-16,18,24H,1-3,6-7,10-13,19H2,(H,34,35). The number of nitrogens with one attached hydrogen (secondary N) is 1. The van der Waals surface area contributed by atoms with Crippen molar-refractivity contribution >= 4 is 40.1 Å². The number of carbonyl (C=O) groups excluding carboxylic acids is 1. The Morgan fingerprint density at radius 1 is 1.14 bits per heavy atom. The lowest BCUT2D eigenvalue weighted by Gasteiger charge is -2.23. The fourth-order valence-electron chi connectivity index (χ4n) is 5.17. The summed E-state index contributed by atoms with van der Waals surface area (Å²) in [4.78, 5) is 19.6. The minimum atomic E-state index is 0.00845. The predicted molar refractivity (Wildman–Crippen MR) is 149 cm³/mol. The van der Waals surface area contributed by atoms with Gasteiger partial charge in [-0.1, -0.05) is 49.1 Å². The lowest BCUT2D eigenvalue weighted by molar-refractivity contribution is 0.0927. The second kappa shape index (κ2) is 11.9. The van der Waals surface area contributed by atoms with Crippen molar-refractivity contribution in [3.63, 3.8) is 0 Å². The number of rotatable bonds is 7. The van der Waals surface area contributed by atoms with E-state index in [1.54, 1.807) is 29.7 Å². The third-order valence-electron chi connectivity index (χ3n) is 7.13. The Balaban J connectivity index is 1.41. The average molecular weight is 532 g/mol. The van der Waals surface area contributed by atoms with Gasteiger partial charge < -0.3 is 10.1 Å². The largest absolute Gasteiger partial charge is 0.488 e. The van der Waals surface area contributed by atoms with Gasteiger partial charge in [-0.05, 0) is 68.4 Å². The van der Waals surface area contributed by atoms with Crippen molar-refractivity contribution in [3.8, 4) is 11.8 Å². The number of hydrogen-bond acceptors (Lipinski definition) is 5. The number of aryl methyl sites for hydroxylation is 1. The molecule has 1 fully saturated rings. The average Bonchev–Trinajstić information content (AvgIpc) is 3.30. The van der Waals surface area contributed by atoms with Crippen LogP contribution in [0.1, 0.15) is 82.4 Å². The third-order valence-corrected chi connectivity index (χ3v) is 8.57. The van der Waals surface area contributed by atoms with Crippen LogP contribution in [0.25, 0.3) is 0 Å². The van der Waals surface area contributed by atoms with Crippen LogP contribution in [0.3, 0.4) is 0 Å². The maximum atomic E-state index is 13.5. The molecule has 1 saturated carbocycles. The number of ether oxygens (including phenoxy) is 1. The molecule has 37 heavy (non-hydrogen) atoms. The molecule has 1 heterocycles. The number of fused-ring (bicyclic) bond motifs is 1. The maximum absolute atomic E-state index is 13.5. The van der Waals surface area contributed by atoms with Gasteiger partial charge in [-0.3, -0.25) is 4.79 Å². The Labute approximate surface area is 227 Å². The molecule has 2 aromatic carbocycles. The van der Waals surface area contributed by atoms with Crippen molar-refractivity contribution < 1.29 is 9.53 Å². The molecule has 1 N–H and O–H groups in total. The van der Waals surface area contributed by atoms with Crippen molar-refractivity contribution in [1.82, 2.24) is 5.32 Å². The molecular weight excluding hydrogens is 502 g/mol. The molecule has 2 aliphatic carbocycles. The van der Waals surface area contributed by atoms with E-state index in [1.807, 2.05) is 30.3 Å². The molecule has 1 amide bonds. The van der Waals surface area contributed by atoms with Gasteiger partial charge in [-0.15, -0.1) is 11.3 Å². The molecule has 2 aliphatic rings. The Hall–Kier alpha value is -3.14. The number of benzene rings is 2. The summed E-state index contributed by atoms with van der Waals surface area (Å²) in [5.74, 6) is 0.629. The molecule has 0 saturated heterocycles. The number of aliphatic imine (C=N–C) groups is 1. The molecule has 0 unspecified atom stereocenters. The van der Waals surface area contributed by atoms with Crippen LogP contribution in [-0.2, 0) is 19.4 Å². The molecule has 0 radical (unpaired) electrons. The summed E-state index contributed by atoms with van der Waals surface area (Å²) in [7, 11) is 0. The normalized spacial score (nSPS) is 15.8. The number of halogens is 1. The van der Waals surface area contributed by atoms with E-state index in [0.717, 1.165) is 60.2 Å². The van der Waals surface area contributed by atoms with Crippen molar-refractivity contribution in [2.45, 2.75) is 70.4 Å². The van der Waals surface area contributed by atoms with Crippen LogP contribution in [0.5, 0.6) is 5.75 Å². The molecule has 3 aromatic rings. The zero-order valence-electron chi connectivity index (χ0n) is 20.8. The molecule has 0 bridgehead atoms. The highest BCUT2D eigenvalue weighted by Crippen LogP contribution is 2.40. The van der Waals surface area contributed by atoms with Crippen LogP contribution in [0, 0.1) is 11.3 Å². The van der Waals surface area contributed by atoms with Gasteiger partial charge in [0, 0.05) is 33.3 Å². The smallest absolute Gasteiger partial charge is 0.254 e. The summed E-state index contributed by atoms with van der Waals surface area (Å²) < 4.78 is 6.09. The van der Waals surface area contributed by atoms with E-state index < -0.39 is 0 Å². The first-order valence-corrected chi connectivity index (χ1v) is 14.2. The van der Waals surface area contributed by atoms with Gasteiger partial charge in [0.15, 0.2) is 0 Å². The Morgan fingerprint density at radius 3 is 2.78 bits per heavy atom. The summed E-state index contributed by atoms with van der Waals surface area (Å²) in [6.45, 7) is 0.258. The van der Waals surface area contributed by atoms with Crippen LogP contribution in [-0.4, -0.2) is 18.2 Å². The van der Waals surface area contributed by atoms with E-state index in [9.17, 15) is 10.1 Å². The highest BCUT2D eigenvalue weighted by atomic mass is 35.5. The lowest BCUT2D eigenvalue weighted by Crippen LogP contribution is -2.36. The Bertz CT molecular complexity index is 1350. The fraction of sp³-hybridized carbons (Fsp3) is 0.367. The fourth-order valence-corrected chi connectivity index (χ4v) is 6.58. The van der Waals surface area contributed by atoms with E-state index >= 15 is 0 Å². The number of amides is 1. The van der Waals surface area contributed by atoms with E-state index in [0.29, 0.717) is 16.3 Å². The van der Waals surface area contributed by atoms with Crippen molar-refractivity contribution in [2.75, 3.05) is 0 Å². The first-order chi connectivity index (χ1) is 18.1. The molecule has 7 heteroatoms. The van der Waals surface area contributed by atoms with Crippen LogP contribution >= 0.6 is 22.9 Å². The SMILES string of the molecule is N#Cc1ccccc1COc1ccc(Cl)cc1C=Nc1sc2c(c1C(=O)NC1CCCCC1)CCCC2.